The van der Waals surface area contributed by atoms with Crippen LogP contribution in [0.15, 0.2) is 0 Å². The van der Waals surface area contributed by atoms with Crippen molar-refractivity contribution in [3.63, 3.8) is 0 Å². The number of nitrogens with zero attached hydrogens (tertiary/aromatic N) is 4. The molecule has 1 aromatic heterocycles. The van der Waals surface area contributed by atoms with E-state index in [0.717, 1.165) is 25.8 Å². The lowest BCUT2D eigenvalue weighted by molar-refractivity contribution is -0.385. The van der Waals surface area contributed by atoms with E-state index in [1.807, 2.05) is 18.7 Å². The molecule has 7 heteroatoms. The van der Waals surface area contributed by atoms with Crippen molar-refractivity contribution in [2.24, 2.45) is 0 Å². The van der Waals surface area contributed by atoms with Gasteiger partial charge in [0.15, 0.2) is 0 Å². The van der Waals surface area contributed by atoms with Crippen molar-refractivity contribution in [1.82, 2.24) is 9.97 Å². The number of nitrogens with one attached hydrogen (secondary N) is 1. The summed E-state index contributed by atoms with van der Waals surface area (Å²) in [6, 6.07) is 0.138. The summed E-state index contributed by atoms with van der Waals surface area (Å²) in [5.74, 6) is 0.817. The minimum atomic E-state index is -0.390. The Labute approximate surface area is 125 Å². The number of nitro groups is 1. The van der Waals surface area contributed by atoms with Gasteiger partial charge < -0.3 is 10.2 Å². The van der Waals surface area contributed by atoms with E-state index in [4.69, 9.17) is 0 Å². The number of hydrogen-bond acceptors (Lipinski definition) is 6. The summed E-state index contributed by atoms with van der Waals surface area (Å²) >= 11 is 0. The van der Waals surface area contributed by atoms with Crippen LogP contribution < -0.4 is 10.2 Å². The molecule has 1 heterocycles. The highest BCUT2D eigenvalue weighted by atomic mass is 16.6. The minimum absolute atomic E-state index is 0.000742. The van der Waals surface area contributed by atoms with Crippen molar-refractivity contribution in [1.29, 1.82) is 0 Å². The zero-order chi connectivity index (χ0) is 16.0. The lowest BCUT2D eigenvalue weighted by Gasteiger charge is -2.28. The Morgan fingerprint density at radius 1 is 1.33 bits per heavy atom. The molecule has 0 aliphatic heterocycles. The Kier molecular flexibility index (Phi) is 6.33. The average Bonchev–Trinajstić information content (AvgIpc) is 2.41. The summed E-state index contributed by atoms with van der Waals surface area (Å²) in [5, 5.41) is 14.2. The minimum Gasteiger partial charge on any atom is -0.357 e. The van der Waals surface area contributed by atoms with Gasteiger partial charge >= 0.3 is 5.69 Å². The predicted octanol–water partition coefficient (Wildman–Crippen LogP) is 3.14. The Morgan fingerprint density at radius 3 is 2.48 bits per heavy atom. The summed E-state index contributed by atoms with van der Waals surface area (Å²) in [4.78, 5) is 21.4. The number of aryl methyl sites for hydroxylation is 1. The second kappa shape index (κ2) is 7.75. The normalized spacial score (nSPS) is 10.8. The first-order valence-corrected chi connectivity index (χ1v) is 7.39. The van der Waals surface area contributed by atoms with Gasteiger partial charge in [-0.25, -0.2) is 4.98 Å². The highest BCUT2D eigenvalue weighted by Crippen LogP contribution is 2.31. The summed E-state index contributed by atoms with van der Waals surface area (Å²) in [5.41, 5.74) is 0.384. The van der Waals surface area contributed by atoms with Gasteiger partial charge in [-0.05, 0) is 27.2 Å². The van der Waals surface area contributed by atoms with Crippen LogP contribution in [-0.2, 0) is 0 Å². The van der Waals surface area contributed by atoms with Crippen LogP contribution in [0.25, 0.3) is 0 Å². The number of rotatable bonds is 8. The maximum absolute atomic E-state index is 11.4. The Hall–Kier alpha value is -1.92. The van der Waals surface area contributed by atoms with Crippen LogP contribution >= 0.6 is 0 Å². The van der Waals surface area contributed by atoms with Gasteiger partial charge in [0.2, 0.25) is 11.8 Å². The van der Waals surface area contributed by atoms with E-state index in [1.54, 1.807) is 14.0 Å². The lowest BCUT2D eigenvalue weighted by Crippen LogP contribution is -2.33. The van der Waals surface area contributed by atoms with Crippen LogP contribution in [0.5, 0.6) is 0 Å². The number of anilines is 2. The molecule has 118 valence electrons. The van der Waals surface area contributed by atoms with E-state index in [1.165, 1.54) is 0 Å². The molecular formula is C14H25N5O2. The molecule has 0 aliphatic rings. The fraction of sp³-hybridized carbons (Fsp3) is 0.714. The quantitative estimate of drug-likeness (QED) is 0.450. The average molecular weight is 295 g/mol. The molecule has 7 nitrogen and oxygen atoms in total. The molecule has 0 atom stereocenters. The first kappa shape index (κ1) is 17.1. The predicted molar refractivity (Wildman–Crippen MR) is 85.0 cm³/mol. The van der Waals surface area contributed by atoms with Crippen molar-refractivity contribution < 1.29 is 4.92 Å². The van der Waals surface area contributed by atoms with Crippen LogP contribution in [0.4, 0.5) is 17.5 Å². The van der Waals surface area contributed by atoms with Crippen LogP contribution in [0.1, 0.15) is 45.7 Å². The van der Waals surface area contributed by atoms with Crippen molar-refractivity contribution in [3.8, 4) is 0 Å². The summed E-state index contributed by atoms with van der Waals surface area (Å²) in [7, 11) is 1.71. The van der Waals surface area contributed by atoms with Gasteiger partial charge in [-0.2, -0.15) is 4.98 Å². The van der Waals surface area contributed by atoms with Gasteiger partial charge in [0.25, 0.3) is 0 Å². The standard InChI is InChI=1S/C14H25N5O2/c1-6-7-8-9-18(10(2)3)13-12(19(20)21)11(4)16-14(15-5)17-13/h10H,6-9H2,1-5H3,(H,15,16,17). The Morgan fingerprint density at radius 2 is 2.00 bits per heavy atom. The first-order chi connectivity index (χ1) is 9.92. The third-order valence-electron chi connectivity index (χ3n) is 3.34. The first-order valence-electron chi connectivity index (χ1n) is 7.39. The molecular weight excluding hydrogens is 270 g/mol. The molecule has 0 spiro atoms. The SMILES string of the molecule is CCCCCN(c1nc(NC)nc(C)c1[N+](=O)[O-])C(C)C. The van der Waals surface area contributed by atoms with Crippen LogP contribution in [0, 0.1) is 17.0 Å². The Balaban J connectivity index is 3.26. The second-order valence-electron chi connectivity index (χ2n) is 5.31. The van der Waals surface area contributed by atoms with Crippen LogP contribution in [-0.4, -0.2) is 34.5 Å². The largest absolute Gasteiger partial charge is 0.357 e. The zero-order valence-electron chi connectivity index (χ0n) is 13.5. The van der Waals surface area contributed by atoms with E-state index in [2.05, 4.69) is 22.2 Å². The molecule has 0 fully saturated rings. The van der Waals surface area contributed by atoms with Gasteiger partial charge in [0.1, 0.15) is 5.69 Å². The van der Waals surface area contributed by atoms with E-state index in [-0.39, 0.29) is 16.7 Å². The smallest absolute Gasteiger partial charge is 0.332 e. The highest BCUT2D eigenvalue weighted by Gasteiger charge is 2.27. The molecule has 0 unspecified atom stereocenters. The van der Waals surface area contributed by atoms with Crippen molar-refractivity contribution >= 4 is 17.5 Å². The molecule has 1 aromatic rings. The molecule has 1 N–H and O–H groups in total. The molecule has 0 radical (unpaired) electrons. The summed E-state index contributed by atoms with van der Waals surface area (Å²) in [6.07, 6.45) is 3.20. The topological polar surface area (TPSA) is 84.2 Å². The maximum Gasteiger partial charge on any atom is 0.332 e. The van der Waals surface area contributed by atoms with Crippen molar-refractivity contribution in [3.05, 3.63) is 15.8 Å². The van der Waals surface area contributed by atoms with Gasteiger partial charge in [0.05, 0.1) is 4.92 Å². The number of hydrogen-bond donors (Lipinski definition) is 1. The second-order valence-corrected chi connectivity index (χ2v) is 5.31. The molecule has 0 bridgehead atoms. The van der Waals surface area contributed by atoms with Gasteiger partial charge in [-0.1, -0.05) is 19.8 Å². The number of unbranched alkanes of at least 4 members (excludes halogenated alkanes) is 2. The van der Waals surface area contributed by atoms with Gasteiger partial charge in [-0.3, -0.25) is 10.1 Å². The third-order valence-corrected chi connectivity index (χ3v) is 3.34. The maximum atomic E-state index is 11.4. The molecule has 0 aliphatic carbocycles. The molecule has 0 saturated carbocycles. The monoisotopic (exact) mass is 295 g/mol. The van der Waals surface area contributed by atoms with Crippen molar-refractivity contribution in [2.75, 3.05) is 23.8 Å². The Bertz CT molecular complexity index is 490. The number of aromatic nitrogens is 2. The van der Waals surface area contributed by atoms with Gasteiger partial charge in [0, 0.05) is 19.6 Å². The summed E-state index contributed by atoms with van der Waals surface area (Å²) in [6.45, 7) is 8.58. The lowest BCUT2D eigenvalue weighted by atomic mass is 10.2. The fourth-order valence-electron chi connectivity index (χ4n) is 2.22. The van der Waals surface area contributed by atoms with E-state index in [9.17, 15) is 10.1 Å². The molecule has 1 rings (SSSR count). The zero-order valence-corrected chi connectivity index (χ0v) is 13.5. The van der Waals surface area contributed by atoms with Crippen LogP contribution in [0.3, 0.4) is 0 Å². The van der Waals surface area contributed by atoms with Crippen molar-refractivity contribution in [2.45, 2.75) is 53.0 Å². The third kappa shape index (κ3) is 4.27. The molecule has 21 heavy (non-hydrogen) atoms. The molecule has 0 saturated heterocycles. The van der Waals surface area contributed by atoms with E-state index in [0.29, 0.717) is 17.5 Å². The fourth-order valence-corrected chi connectivity index (χ4v) is 2.22. The van der Waals surface area contributed by atoms with Gasteiger partial charge in [-0.15, -0.1) is 0 Å². The van der Waals surface area contributed by atoms with E-state index >= 15 is 0 Å². The van der Waals surface area contributed by atoms with Crippen LogP contribution in [0.2, 0.25) is 0 Å². The highest BCUT2D eigenvalue weighted by molar-refractivity contribution is 5.62. The van der Waals surface area contributed by atoms with E-state index < -0.39 is 0 Å². The summed E-state index contributed by atoms with van der Waals surface area (Å²) < 4.78 is 0. The molecule has 0 aromatic carbocycles. The molecule has 0 amide bonds.